The number of hydrogen-bond acceptors (Lipinski definition) is 0. The van der Waals surface area contributed by atoms with Gasteiger partial charge in [0.2, 0.25) is 0 Å². The van der Waals surface area contributed by atoms with E-state index in [-0.39, 0.29) is 0 Å². The Bertz CT molecular complexity index is 264. The van der Waals surface area contributed by atoms with Gasteiger partial charge in [0.25, 0.3) is 0 Å². The molecule has 0 nitrogen and oxygen atoms in total. The van der Waals surface area contributed by atoms with Crippen molar-refractivity contribution in [1.82, 2.24) is 0 Å². The van der Waals surface area contributed by atoms with Crippen LogP contribution in [-0.4, -0.2) is 0 Å². The van der Waals surface area contributed by atoms with E-state index in [0.29, 0.717) is 5.41 Å². The first-order valence-corrected chi connectivity index (χ1v) is 9.88. The van der Waals surface area contributed by atoms with Crippen LogP contribution in [0.1, 0.15) is 111 Å². The quantitative estimate of drug-likeness (QED) is 0.224. The van der Waals surface area contributed by atoms with Gasteiger partial charge in [-0.05, 0) is 37.5 Å². The lowest BCUT2D eigenvalue weighted by Crippen LogP contribution is -2.03. The summed E-state index contributed by atoms with van der Waals surface area (Å²) in [6.07, 6.45) is 26.9. The maximum Gasteiger partial charge on any atom is -0.0348 e. The van der Waals surface area contributed by atoms with Crippen LogP contribution in [-0.2, 0) is 0 Å². The lowest BCUT2D eigenvalue weighted by molar-refractivity contribution is 0.356. The van der Waals surface area contributed by atoms with Crippen LogP contribution in [0, 0.1) is 5.41 Å². The number of hydrogen-bond donors (Lipinski definition) is 0. The second kappa shape index (κ2) is 15.4. The monoisotopic (exact) mass is 306 g/mol. The van der Waals surface area contributed by atoms with Gasteiger partial charge in [-0.3, -0.25) is 0 Å². The van der Waals surface area contributed by atoms with Crippen molar-refractivity contribution in [3.8, 4) is 0 Å². The van der Waals surface area contributed by atoms with Crippen molar-refractivity contribution in [3.63, 3.8) is 0 Å². The zero-order valence-corrected chi connectivity index (χ0v) is 16.0. The molecule has 0 fully saturated rings. The van der Waals surface area contributed by atoms with Gasteiger partial charge in [-0.15, -0.1) is 0 Å². The summed E-state index contributed by atoms with van der Waals surface area (Å²) in [6.45, 7) is 9.31. The molecule has 0 aromatic rings. The normalized spacial score (nSPS) is 12.7. The fourth-order valence-electron chi connectivity index (χ4n) is 2.66. The van der Waals surface area contributed by atoms with Gasteiger partial charge in [-0.25, -0.2) is 0 Å². The van der Waals surface area contributed by atoms with Crippen molar-refractivity contribution < 1.29 is 0 Å². The second-order valence-electron chi connectivity index (χ2n) is 7.93. The summed E-state index contributed by atoms with van der Waals surface area (Å²) in [6, 6.07) is 0. The van der Waals surface area contributed by atoms with Crippen LogP contribution >= 0.6 is 0 Å². The zero-order valence-electron chi connectivity index (χ0n) is 16.0. The van der Waals surface area contributed by atoms with Crippen molar-refractivity contribution >= 4 is 0 Å². The molecule has 0 aromatic carbocycles. The molecule has 0 spiro atoms. The van der Waals surface area contributed by atoms with Gasteiger partial charge in [0.05, 0.1) is 0 Å². The number of rotatable bonds is 14. The number of unbranched alkanes of at least 4 members (excludes halogenated alkanes) is 10. The van der Waals surface area contributed by atoms with Crippen molar-refractivity contribution in [2.24, 2.45) is 5.41 Å². The van der Waals surface area contributed by atoms with Crippen molar-refractivity contribution in [1.29, 1.82) is 0 Å². The Hall–Kier alpha value is -0.520. The molecule has 0 unspecified atom stereocenters. The van der Waals surface area contributed by atoms with Crippen molar-refractivity contribution in [2.45, 2.75) is 111 Å². The fourth-order valence-corrected chi connectivity index (χ4v) is 2.66. The molecule has 0 N–H and O–H groups in total. The van der Waals surface area contributed by atoms with Gasteiger partial charge < -0.3 is 0 Å². The first kappa shape index (κ1) is 21.5. The Morgan fingerprint density at radius 1 is 0.591 bits per heavy atom. The molecule has 0 saturated heterocycles. The molecule has 22 heavy (non-hydrogen) atoms. The highest BCUT2D eigenvalue weighted by atomic mass is 14.1. The lowest BCUT2D eigenvalue weighted by Gasteiger charge is -2.17. The first-order valence-electron chi connectivity index (χ1n) is 9.88. The topological polar surface area (TPSA) is 0 Å². The van der Waals surface area contributed by atoms with Crippen LogP contribution in [0.15, 0.2) is 24.3 Å². The summed E-state index contributed by atoms with van der Waals surface area (Å²) in [5.74, 6) is 0. The van der Waals surface area contributed by atoms with Crippen LogP contribution in [0.4, 0.5) is 0 Å². The summed E-state index contributed by atoms with van der Waals surface area (Å²) in [7, 11) is 0. The molecule has 130 valence electrons. The van der Waals surface area contributed by atoms with E-state index < -0.39 is 0 Å². The second-order valence-corrected chi connectivity index (χ2v) is 7.93. The molecule has 0 aromatic heterocycles. The van der Waals surface area contributed by atoms with Gasteiger partial charge >= 0.3 is 0 Å². The van der Waals surface area contributed by atoms with E-state index in [1.54, 1.807) is 0 Å². The Kier molecular flexibility index (Phi) is 15.0. The molecule has 0 rings (SSSR count). The van der Waals surface area contributed by atoms with Gasteiger partial charge in [-0.1, -0.05) is 103 Å². The largest absolute Gasteiger partial charge is 0.0845 e. The fraction of sp³-hybridized carbons (Fsp3) is 0.818. The minimum absolute atomic E-state index is 0.522. The third-order valence-electron chi connectivity index (χ3n) is 4.16. The molecular weight excluding hydrogens is 264 g/mol. The Morgan fingerprint density at radius 2 is 1.05 bits per heavy atom. The molecule has 0 aliphatic rings. The van der Waals surface area contributed by atoms with Crippen LogP contribution < -0.4 is 0 Å². The van der Waals surface area contributed by atoms with Crippen molar-refractivity contribution in [3.05, 3.63) is 24.3 Å². The average molecular weight is 307 g/mol. The Labute approximate surface area is 141 Å². The van der Waals surface area contributed by atoms with E-state index in [1.165, 1.54) is 83.5 Å². The van der Waals surface area contributed by atoms with Gasteiger partial charge in [0.15, 0.2) is 0 Å². The molecule has 0 bridgehead atoms. The highest BCUT2D eigenvalue weighted by Gasteiger charge is 2.08. The maximum atomic E-state index is 2.35. The molecule has 0 atom stereocenters. The maximum absolute atomic E-state index is 2.35. The smallest absolute Gasteiger partial charge is 0.0348 e. The summed E-state index contributed by atoms with van der Waals surface area (Å²) < 4.78 is 0. The third kappa shape index (κ3) is 19.5. The van der Waals surface area contributed by atoms with E-state index in [9.17, 15) is 0 Å². The van der Waals surface area contributed by atoms with Gasteiger partial charge in [0.1, 0.15) is 0 Å². The molecule has 0 amide bonds. The minimum Gasteiger partial charge on any atom is -0.0845 e. The molecule has 0 saturated carbocycles. The summed E-state index contributed by atoms with van der Waals surface area (Å²) in [5, 5.41) is 0. The van der Waals surface area contributed by atoms with E-state index in [4.69, 9.17) is 0 Å². The first-order chi connectivity index (χ1) is 10.6. The molecule has 0 radical (unpaired) electrons. The summed E-state index contributed by atoms with van der Waals surface area (Å²) >= 11 is 0. The van der Waals surface area contributed by atoms with Crippen LogP contribution in [0.25, 0.3) is 0 Å². The number of allylic oxidation sites excluding steroid dienone is 4. The summed E-state index contributed by atoms with van der Waals surface area (Å²) in [5.41, 5.74) is 0.522. The van der Waals surface area contributed by atoms with Crippen molar-refractivity contribution in [2.75, 3.05) is 0 Å². The highest BCUT2D eigenvalue weighted by molar-refractivity contribution is 5.02. The Balaban J connectivity index is 3.22. The lowest BCUT2D eigenvalue weighted by atomic mass is 9.89. The van der Waals surface area contributed by atoms with Gasteiger partial charge in [0, 0.05) is 0 Å². The molecule has 0 aliphatic heterocycles. The van der Waals surface area contributed by atoms with E-state index in [1.807, 2.05) is 0 Å². The zero-order chi connectivity index (χ0) is 16.5. The minimum atomic E-state index is 0.522. The van der Waals surface area contributed by atoms with Crippen LogP contribution in [0.2, 0.25) is 0 Å². The molecule has 0 aliphatic carbocycles. The van der Waals surface area contributed by atoms with E-state index >= 15 is 0 Å². The van der Waals surface area contributed by atoms with E-state index in [0.717, 1.165) is 0 Å². The summed E-state index contributed by atoms with van der Waals surface area (Å²) in [4.78, 5) is 0. The highest BCUT2D eigenvalue weighted by Crippen LogP contribution is 2.22. The standard InChI is InChI=1S/C22H42/c1-5-6-7-8-9-10-11-12-13-14-15-16-17-18-19-20-21-22(2,3)4/h10-13H,5-9,14-21H2,1-4H3/b11-10+,13-12+. The SMILES string of the molecule is CCCCCC/C=C/C=C/CCCCCCCCC(C)(C)C. The third-order valence-corrected chi connectivity index (χ3v) is 4.16. The predicted molar refractivity (Wildman–Crippen MR) is 103 cm³/mol. The van der Waals surface area contributed by atoms with E-state index in [2.05, 4.69) is 52.0 Å². The van der Waals surface area contributed by atoms with Crippen LogP contribution in [0.5, 0.6) is 0 Å². The van der Waals surface area contributed by atoms with Crippen LogP contribution in [0.3, 0.4) is 0 Å². The Morgan fingerprint density at radius 3 is 1.55 bits per heavy atom. The molecule has 0 heteroatoms. The molecule has 0 heterocycles. The molecular formula is C22H42. The van der Waals surface area contributed by atoms with Gasteiger partial charge in [-0.2, -0.15) is 0 Å². The predicted octanol–water partition coefficient (Wildman–Crippen LogP) is 8.24. The average Bonchev–Trinajstić information content (AvgIpc) is 2.45.